The van der Waals surface area contributed by atoms with Crippen molar-refractivity contribution in [3.63, 3.8) is 0 Å². The van der Waals surface area contributed by atoms with Crippen LogP contribution in [0.2, 0.25) is 0 Å². The molecule has 0 unspecified atom stereocenters. The Labute approximate surface area is 134 Å². The average molecular weight is 350 g/mol. The van der Waals surface area contributed by atoms with Gasteiger partial charge in [-0.1, -0.05) is 13.0 Å². The van der Waals surface area contributed by atoms with Crippen molar-refractivity contribution in [3.05, 3.63) is 39.6 Å². The highest BCUT2D eigenvalue weighted by Crippen LogP contribution is 2.32. The zero-order valence-electron chi connectivity index (χ0n) is 12.8. The van der Waals surface area contributed by atoms with Gasteiger partial charge in [0.2, 0.25) is 5.88 Å². The number of nitrogens with one attached hydrogen (secondary N) is 1. The molecule has 0 spiro atoms. The largest absolute Gasteiger partial charge is 0.437 e. The van der Waals surface area contributed by atoms with Gasteiger partial charge in [0, 0.05) is 13.0 Å². The molecule has 0 fully saturated rings. The zero-order chi connectivity index (χ0) is 15.4. The predicted octanol–water partition coefficient (Wildman–Crippen LogP) is 4.64. The Kier molecular flexibility index (Phi) is 5.17. The molecule has 0 aliphatic heterocycles. The van der Waals surface area contributed by atoms with Crippen molar-refractivity contribution >= 4 is 21.7 Å². The fraction of sp³-hybridized carbons (Fsp3) is 0.375. The highest BCUT2D eigenvalue weighted by Gasteiger charge is 2.13. The maximum Gasteiger partial charge on any atom is 0.227 e. The molecule has 21 heavy (non-hydrogen) atoms. The minimum absolute atomic E-state index is 0.599. The van der Waals surface area contributed by atoms with Crippen LogP contribution in [0, 0.1) is 13.8 Å². The molecule has 0 atom stereocenters. The van der Waals surface area contributed by atoms with Crippen LogP contribution in [0.4, 0.5) is 5.82 Å². The van der Waals surface area contributed by atoms with Gasteiger partial charge in [0.05, 0.1) is 10.0 Å². The SMILES string of the molecule is CCNc1nc(CC)nc(Oc2ccc(C)cc2Br)c1C. The third-order valence-corrected chi connectivity index (χ3v) is 3.72. The quantitative estimate of drug-likeness (QED) is 0.853. The second-order valence-corrected chi connectivity index (χ2v) is 5.69. The van der Waals surface area contributed by atoms with E-state index in [9.17, 15) is 0 Å². The Hall–Kier alpha value is -1.62. The zero-order valence-corrected chi connectivity index (χ0v) is 14.4. The molecule has 0 aliphatic rings. The van der Waals surface area contributed by atoms with Gasteiger partial charge in [-0.25, -0.2) is 4.98 Å². The first-order valence-corrected chi connectivity index (χ1v) is 7.89. The van der Waals surface area contributed by atoms with Gasteiger partial charge in [-0.05, 0) is 54.4 Å². The second-order valence-electron chi connectivity index (χ2n) is 4.84. The number of aryl methyl sites for hydroxylation is 2. The Morgan fingerprint density at radius 2 is 1.95 bits per heavy atom. The minimum Gasteiger partial charge on any atom is -0.437 e. The summed E-state index contributed by atoms with van der Waals surface area (Å²) in [5.41, 5.74) is 2.10. The van der Waals surface area contributed by atoms with Gasteiger partial charge < -0.3 is 10.1 Å². The first kappa shape index (κ1) is 15.8. The lowest BCUT2D eigenvalue weighted by atomic mass is 10.2. The molecule has 2 aromatic rings. The smallest absolute Gasteiger partial charge is 0.227 e. The molecule has 0 radical (unpaired) electrons. The highest BCUT2D eigenvalue weighted by molar-refractivity contribution is 9.10. The van der Waals surface area contributed by atoms with Crippen LogP contribution in [0.3, 0.4) is 0 Å². The maximum atomic E-state index is 5.99. The van der Waals surface area contributed by atoms with Crippen molar-refractivity contribution in [2.75, 3.05) is 11.9 Å². The van der Waals surface area contributed by atoms with Gasteiger partial charge in [-0.15, -0.1) is 0 Å². The van der Waals surface area contributed by atoms with E-state index in [-0.39, 0.29) is 0 Å². The van der Waals surface area contributed by atoms with E-state index in [1.807, 2.05) is 45.9 Å². The summed E-state index contributed by atoms with van der Waals surface area (Å²) in [5, 5.41) is 3.26. The molecule has 2 rings (SSSR count). The minimum atomic E-state index is 0.599. The van der Waals surface area contributed by atoms with Gasteiger partial charge in [-0.2, -0.15) is 4.98 Å². The van der Waals surface area contributed by atoms with Crippen LogP contribution in [-0.4, -0.2) is 16.5 Å². The molecular formula is C16H20BrN3O. The van der Waals surface area contributed by atoms with Gasteiger partial charge >= 0.3 is 0 Å². The normalized spacial score (nSPS) is 10.5. The number of nitrogens with zero attached hydrogens (tertiary/aromatic N) is 2. The second kappa shape index (κ2) is 6.89. The van der Waals surface area contributed by atoms with Gasteiger partial charge in [0.15, 0.2) is 0 Å². The van der Waals surface area contributed by atoms with Crippen molar-refractivity contribution in [2.45, 2.75) is 34.1 Å². The van der Waals surface area contributed by atoms with E-state index in [0.717, 1.165) is 40.4 Å². The Bertz CT molecular complexity index is 644. The van der Waals surface area contributed by atoms with Gasteiger partial charge in [0.1, 0.15) is 17.4 Å². The Morgan fingerprint density at radius 3 is 2.57 bits per heavy atom. The van der Waals surface area contributed by atoms with Crippen molar-refractivity contribution in [1.29, 1.82) is 0 Å². The summed E-state index contributed by atoms with van der Waals surface area (Å²) in [4.78, 5) is 9.00. The lowest BCUT2D eigenvalue weighted by Crippen LogP contribution is -2.07. The summed E-state index contributed by atoms with van der Waals surface area (Å²) in [6.45, 7) is 8.91. The Balaban J connectivity index is 2.40. The molecule has 0 bridgehead atoms. The average Bonchev–Trinajstić information content (AvgIpc) is 2.46. The van der Waals surface area contributed by atoms with Crippen LogP contribution in [0.1, 0.15) is 30.8 Å². The van der Waals surface area contributed by atoms with Crippen LogP contribution >= 0.6 is 15.9 Å². The topological polar surface area (TPSA) is 47.0 Å². The molecule has 1 aromatic carbocycles. The molecule has 5 heteroatoms. The number of aromatic nitrogens is 2. The van der Waals surface area contributed by atoms with E-state index < -0.39 is 0 Å². The molecule has 0 saturated carbocycles. The fourth-order valence-electron chi connectivity index (χ4n) is 1.93. The number of hydrogen-bond acceptors (Lipinski definition) is 4. The van der Waals surface area contributed by atoms with E-state index in [2.05, 4.69) is 31.2 Å². The molecule has 0 saturated heterocycles. The molecule has 0 amide bonds. The van der Waals surface area contributed by atoms with Crippen molar-refractivity contribution < 1.29 is 4.74 Å². The van der Waals surface area contributed by atoms with Crippen LogP contribution in [0.5, 0.6) is 11.6 Å². The first-order valence-electron chi connectivity index (χ1n) is 7.10. The monoisotopic (exact) mass is 349 g/mol. The summed E-state index contributed by atoms with van der Waals surface area (Å²) in [5.74, 6) is 2.96. The lowest BCUT2D eigenvalue weighted by molar-refractivity contribution is 0.452. The van der Waals surface area contributed by atoms with Crippen LogP contribution in [-0.2, 0) is 6.42 Å². The van der Waals surface area contributed by atoms with E-state index >= 15 is 0 Å². The molecule has 0 aliphatic carbocycles. The molecule has 1 N–H and O–H groups in total. The fourth-order valence-corrected chi connectivity index (χ4v) is 2.50. The number of rotatable bonds is 5. The number of ether oxygens (including phenoxy) is 1. The van der Waals surface area contributed by atoms with E-state index in [0.29, 0.717) is 5.88 Å². The summed E-state index contributed by atoms with van der Waals surface area (Å²) in [7, 11) is 0. The number of hydrogen-bond donors (Lipinski definition) is 1. The lowest BCUT2D eigenvalue weighted by Gasteiger charge is -2.14. The standard InChI is InChI=1S/C16H20BrN3O/c1-5-14-19-15(18-6-2)11(4)16(20-14)21-13-8-7-10(3)9-12(13)17/h7-9H,5-6H2,1-4H3,(H,18,19,20). The van der Waals surface area contributed by atoms with Crippen LogP contribution in [0.25, 0.3) is 0 Å². The van der Waals surface area contributed by atoms with E-state index in [1.54, 1.807) is 0 Å². The molecule has 1 aromatic heterocycles. The van der Waals surface area contributed by atoms with Crippen molar-refractivity contribution in [2.24, 2.45) is 0 Å². The molecule has 4 nitrogen and oxygen atoms in total. The number of anilines is 1. The molecular weight excluding hydrogens is 330 g/mol. The third kappa shape index (κ3) is 3.73. The van der Waals surface area contributed by atoms with Gasteiger partial charge in [0.25, 0.3) is 0 Å². The van der Waals surface area contributed by atoms with E-state index in [4.69, 9.17) is 4.74 Å². The van der Waals surface area contributed by atoms with Crippen LogP contribution < -0.4 is 10.1 Å². The van der Waals surface area contributed by atoms with Crippen LogP contribution in [0.15, 0.2) is 22.7 Å². The highest BCUT2D eigenvalue weighted by atomic mass is 79.9. The van der Waals surface area contributed by atoms with Crippen molar-refractivity contribution in [3.8, 4) is 11.6 Å². The summed E-state index contributed by atoms with van der Waals surface area (Å²) < 4.78 is 6.91. The third-order valence-electron chi connectivity index (χ3n) is 3.10. The predicted molar refractivity (Wildman–Crippen MR) is 89.3 cm³/mol. The van der Waals surface area contributed by atoms with E-state index in [1.165, 1.54) is 5.56 Å². The van der Waals surface area contributed by atoms with Gasteiger partial charge in [-0.3, -0.25) is 0 Å². The summed E-state index contributed by atoms with van der Waals surface area (Å²) in [6, 6.07) is 5.99. The number of benzene rings is 1. The number of halogens is 1. The molecule has 1 heterocycles. The van der Waals surface area contributed by atoms with Crippen molar-refractivity contribution in [1.82, 2.24) is 9.97 Å². The molecule has 112 valence electrons. The summed E-state index contributed by atoms with van der Waals surface area (Å²) in [6.07, 6.45) is 0.768. The summed E-state index contributed by atoms with van der Waals surface area (Å²) >= 11 is 3.53. The maximum absolute atomic E-state index is 5.99. The Morgan fingerprint density at radius 1 is 1.19 bits per heavy atom. The first-order chi connectivity index (χ1) is 10.0.